The molecule has 88 valence electrons. The zero-order chi connectivity index (χ0) is 11.8. The summed E-state index contributed by atoms with van der Waals surface area (Å²) in [7, 11) is -3.25. The molecule has 1 aromatic carbocycles. The van der Waals surface area contributed by atoms with E-state index in [4.69, 9.17) is 0 Å². The first-order valence-corrected chi connectivity index (χ1v) is 6.93. The van der Waals surface area contributed by atoms with Crippen LogP contribution in [0.15, 0.2) is 18.2 Å². The number of fused-ring (bicyclic) bond motifs is 1. The summed E-state index contributed by atoms with van der Waals surface area (Å²) in [5.74, 6) is 0. The summed E-state index contributed by atoms with van der Waals surface area (Å²) in [5.41, 5.74) is 2.80. The minimum atomic E-state index is -3.25. The van der Waals surface area contributed by atoms with Crippen LogP contribution >= 0.6 is 0 Å². The number of anilines is 2. The van der Waals surface area contributed by atoms with Gasteiger partial charge in [0, 0.05) is 17.8 Å². The van der Waals surface area contributed by atoms with E-state index >= 15 is 0 Å². The Morgan fingerprint density at radius 1 is 1.38 bits per heavy atom. The van der Waals surface area contributed by atoms with Gasteiger partial charge in [0.1, 0.15) is 0 Å². The molecule has 1 heterocycles. The van der Waals surface area contributed by atoms with Crippen molar-refractivity contribution in [1.82, 2.24) is 0 Å². The molecule has 4 nitrogen and oxygen atoms in total. The first-order chi connectivity index (χ1) is 7.50. The molecule has 0 saturated carbocycles. The monoisotopic (exact) mass is 240 g/mol. The Bertz CT molecular complexity index is 495. The van der Waals surface area contributed by atoms with Crippen molar-refractivity contribution in [2.45, 2.75) is 25.5 Å². The molecule has 2 N–H and O–H groups in total. The summed E-state index contributed by atoms with van der Waals surface area (Å²) < 4.78 is 26.2. The summed E-state index contributed by atoms with van der Waals surface area (Å²) in [6, 6.07) is 5.64. The maximum absolute atomic E-state index is 11.8. The first-order valence-electron chi connectivity index (χ1n) is 5.38. The van der Waals surface area contributed by atoms with E-state index in [9.17, 15) is 8.42 Å². The van der Waals surface area contributed by atoms with Crippen molar-refractivity contribution in [3.8, 4) is 0 Å². The Hall–Kier alpha value is -1.23. The molecular formula is C11H16N2O2S. The molecule has 0 saturated heterocycles. The second-order valence-electron chi connectivity index (χ2n) is 4.20. The van der Waals surface area contributed by atoms with E-state index in [1.165, 1.54) is 0 Å². The molecule has 0 amide bonds. The molecule has 0 bridgehead atoms. The Balaban J connectivity index is 2.33. The number of benzene rings is 1. The fourth-order valence-electron chi connectivity index (χ4n) is 1.71. The van der Waals surface area contributed by atoms with Crippen LogP contribution in [0, 0.1) is 0 Å². The van der Waals surface area contributed by atoms with Gasteiger partial charge in [-0.15, -0.1) is 0 Å². The van der Waals surface area contributed by atoms with Gasteiger partial charge in [0.25, 0.3) is 0 Å². The highest BCUT2D eigenvalue weighted by molar-refractivity contribution is 7.93. The Morgan fingerprint density at radius 2 is 2.12 bits per heavy atom. The van der Waals surface area contributed by atoms with Gasteiger partial charge in [-0.2, -0.15) is 0 Å². The zero-order valence-electron chi connectivity index (χ0n) is 9.45. The minimum Gasteiger partial charge on any atom is -0.384 e. The van der Waals surface area contributed by atoms with Gasteiger partial charge in [0.15, 0.2) is 0 Å². The van der Waals surface area contributed by atoms with Crippen molar-refractivity contribution in [2.75, 3.05) is 16.6 Å². The maximum Gasteiger partial charge on any atom is 0.235 e. The van der Waals surface area contributed by atoms with Crippen LogP contribution in [0.4, 0.5) is 11.4 Å². The van der Waals surface area contributed by atoms with E-state index < -0.39 is 15.3 Å². The minimum absolute atomic E-state index is 0.419. The van der Waals surface area contributed by atoms with Crippen molar-refractivity contribution in [2.24, 2.45) is 0 Å². The van der Waals surface area contributed by atoms with Gasteiger partial charge in [0.05, 0.1) is 10.9 Å². The second kappa shape index (κ2) is 3.97. The first kappa shape index (κ1) is 11.3. The molecule has 0 spiro atoms. The van der Waals surface area contributed by atoms with Gasteiger partial charge in [-0.25, -0.2) is 8.42 Å². The number of nitrogens with one attached hydrogen (secondary N) is 2. The number of hydrogen-bond donors (Lipinski definition) is 2. The quantitative estimate of drug-likeness (QED) is 0.847. The standard InChI is InChI=1S/C11H16N2O2S/c1-8(2)16(14,15)13-11-5-3-4-10-9(11)6-7-12-10/h3-5,8,12-13H,6-7H2,1-2H3. The average molecular weight is 240 g/mol. The fourth-order valence-corrected chi connectivity index (χ4v) is 2.44. The van der Waals surface area contributed by atoms with Crippen molar-refractivity contribution in [1.29, 1.82) is 0 Å². The number of rotatable bonds is 3. The lowest BCUT2D eigenvalue weighted by Gasteiger charge is -2.13. The van der Waals surface area contributed by atoms with E-state index in [1.807, 2.05) is 18.2 Å². The van der Waals surface area contributed by atoms with Crippen molar-refractivity contribution < 1.29 is 8.42 Å². The van der Waals surface area contributed by atoms with Crippen molar-refractivity contribution >= 4 is 21.4 Å². The van der Waals surface area contributed by atoms with Crippen LogP contribution in [0.1, 0.15) is 19.4 Å². The van der Waals surface area contributed by atoms with Gasteiger partial charge in [-0.1, -0.05) is 6.07 Å². The third kappa shape index (κ3) is 2.00. The van der Waals surface area contributed by atoms with Crippen LogP contribution in [0.5, 0.6) is 0 Å². The van der Waals surface area contributed by atoms with E-state index in [-0.39, 0.29) is 0 Å². The van der Waals surface area contributed by atoms with Gasteiger partial charge in [0.2, 0.25) is 10.0 Å². The Labute approximate surface area is 96.1 Å². The molecule has 0 atom stereocenters. The predicted molar refractivity (Wildman–Crippen MR) is 66.3 cm³/mol. The van der Waals surface area contributed by atoms with Gasteiger partial charge < -0.3 is 5.32 Å². The Kier molecular flexibility index (Phi) is 2.80. The summed E-state index contributed by atoms with van der Waals surface area (Å²) in [5, 5.41) is 2.80. The molecule has 0 aliphatic carbocycles. The highest BCUT2D eigenvalue weighted by atomic mass is 32.2. The predicted octanol–water partition coefficient (Wildman–Crippen LogP) is 1.80. The molecule has 16 heavy (non-hydrogen) atoms. The van der Waals surface area contributed by atoms with Crippen molar-refractivity contribution in [3.63, 3.8) is 0 Å². The van der Waals surface area contributed by atoms with Gasteiger partial charge >= 0.3 is 0 Å². The van der Waals surface area contributed by atoms with Crippen LogP contribution in [0.3, 0.4) is 0 Å². The SMILES string of the molecule is CC(C)S(=O)(=O)Nc1cccc2c1CCN2. The molecule has 0 unspecified atom stereocenters. The lowest BCUT2D eigenvalue weighted by Crippen LogP contribution is -2.23. The molecule has 1 aliphatic rings. The fraction of sp³-hybridized carbons (Fsp3) is 0.455. The lowest BCUT2D eigenvalue weighted by molar-refractivity contribution is 0.592. The summed E-state index contributed by atoms with van der Waals surface area (Å²) in [6.45, 7) is 4.21. The third-order valence-electron chi connectivity index (χ3n) is 2.74. The smallest absolute Gasteiger partial charge is 0.235 e. The van der Waals surface area contributed by atoms with E-state index in [0.29, 0.717) is 5.69 Å². The van der Waals surface area contributed by atoms with Gasteiger partial charge in [-0.05, 0) is 32.4 Å². The second-order valence-corrected chi connectivity index (χ2v) is 6.44. The molecule has 0 aromatic heterocycles. The van der Waals surface area contributed by atoms with Gasteiger partial charge in [-0.3, -0.25) is 4.72 Å². The molecule has 2 rings (SSSR count). The van der Waals surface area contributed by atoms with E-state index in [2.05, 4.69) is 10.0 Å². The largest absolute Gasteiger partial charge is 0.384 e. The normalized spacial score (nSPS) is 14.7. The van der Waals surface area contributed by atoms with Crippen LogP contribution in [-0.2, 0) is 16.4 Å². The maximum atomic E-state index is 11.8. The Morgan fingerprint density at radius 3 is 2.81 bits per heavy atom. The highest BCUT2D eigenvalue weighted by Gasteiger charge is 2.20. The summed E-state index contributed by atoms with van der Waals surface area (Å²) in [4.78, 5) is 0. The van der Waals surface area contributed by atoms with Crippen LogP contribution < -0.4 is 10.0 Å². The summed E-state index contributed by atoms with van der Waals surface area (Å²) in [6.07, 6.45) is 0.867. The molecule has 0 radical (unpaired) electrons. The van der Waals surface area contributed by atoms with E-state index in [0.717, 1.165) is 24.2 Å². The topological polar surface area (TPSA) is 58.2 Å². The molecule has 1 aliphatic heterocycles. The average Bonchev–Trinajstić information content (AvgIpc) is 2.65. The molecule has 0 fully saturated rings. The molecule has 1 aromatic rings. The van der Waals surface area contributed by atoms with Crippen LogP contribution in [-0.4, -0.2) is 20.2 Å². The number of sulfonamides is 1. The molecular weight excluding hydrogens is 224 g/mol. The summed E-state index contributed by atoms with van der Waals surface area (Å²) >= 11 is 0. The van der Waals surface area contributed by atoms with E-state index in [1.54, 1.807) is 13.8 Å². The van der Waals surface area contributed by atoms with Crippen LogP contribution in [0.25, 0.3) is 0 Å². The zero-order valence-corrected chi connectivity index (χ0v) is 10.3. The number of hydrogen-bond acceptors (Lipinski definition) is 3. The highest BCUT2D eigenvalue weighted by Crippen LogP contribution is 2.30. The van der Waals surface area contributed by atoms with Crippen LogP contribution in [0.2, 0.25) is 0 Å². The third-order valence-corrected chi connectivity index (χ3v) is 4.48. The van der Waals surface area contributed by atoms with Crippen molar-refractivity contribution in [3.05, 3.63) is 23.8 Å². The lowest BCUT2D eigenvalue weighted by atomic mass is 10.1. The molecule has 5 heteroatoms.